The largest absolute Gasteiger partial charge is 0.383 e. The molecule has 1 aliphatic carbocycles. The number of aromatic nitrogens is 2. The molecule has 0 bridgehead atoms. The number of nitrogens with two attached hydrogens (primary N) is 1. The van der Waals surface area contributed by atoms with E-state index >= 15 is 0 Å². The highest BCUT2D eigenvalue weighted by molar-refractivity contribution is 5.56. The first kappa shape index (κ1) is 15.1. The van der Waals surface area contributed by atoms with Crippen molar-refractivity contribution < 1.29 is 0 Å². The van der Waals surface area contributed by atoms with Crippen LogP contribution in [0.3, 0.4) is 0 Å². The van der Waals surface area contributed by atoms with Crippen molar-refractivity contribution in [2.75, 3.05) is 17.6 Å². The number of nitrogens with one attached hydrogen (secondary N) is 1. The van der Waals surface area contributed by atoms with Crippen LogP contribution in [0.25, 0.3) is 0 Å². The Labute approximate surface area is 122 Å². The van der Waals surface area contributed by atoms with Crippen molar-refractivity contribution in [2.24, 2.45) is 11.8 Å². The fourth-order valence-corrected chi connectivity index (χ4v) is 3.20. The van der Waals surface area contributed by atoms with Gasteiger partial charge in [-0.2, -0.15) is 0 Å². The molecule has 1 heterocycles. The van der Waals surface area contributed by atoms with Gasteiger partial charge in [0.25, 0.3) is 0 Å². The average Bonchev–Trinajstić information content (AvgIpc) is 2.45. The third-order valence-corrected chi connectivity index (χ3v) is 4.59. The monoisotopic (exact) mass is 276 g/mol. The Morgan fingerprint density at radius 3 is 2.45 bits per heavy atom. The van der Waals surface area contributed by atoms with Gasteiger partial charge < -0.3 is 11.1 Å². The third kappa shape index (κ3) is 3.62. The minimum Gasteiger partial charge on any atom is -0.383 e. The molecular weight excluding hydrogens is 248 g/mol. The van der Waals surface area contributed by atoms with Gasteiger partial charge in [-0.15, -0.1) is 0 Å². The highest BCUT2D eigenvalue weighted by Crippen LogP contribution is 2.31. The van der Waals surface area contributed by atoms with Crippen molar-refractivity contribution in [1.82, 2.24) is 9.97 Å². The van der Waals surface area contributed by atoms with E-state index in [4.69, 9.17) is 5.73 Å². The number of anilines is 2. The summed E-state index contributed by atoms with van der Waals surface area (Å²) in [4.78, 5) is 8.48. The highest BCUT2D eigenvalue weighted by Gasteiger charge is 2.20. The Kier molecular flexibility index (Phi) is 5.21. The lowest BCUT2D eigenvalue weighted by Gasteiger charge is -2.28. The molecule has 4 heteroatoms. The lowest BCUT2D eigenvalue weighted by molar-refractivity contribution is 0.278. The summed E-state index contributed by atoms with van der Waals surface area (Å²) in [6.45, 7) is 7.58. The Morgan fingerprint density at radius 2 is 1.85 bits per heavy atom. The summed E-state index contributed by atoms with van der Waals surface area (Å²) in [7, 11) is 0. The highest BCUT2D eigenvalue weighted by atomic mass is 15.0. The van der Waals surface area contributed by atoms with Crippen molar-refractivity contribution in [2.45, 2.75) is 58.8 Å². The van der Waals surface area contributed by atoms with Crippen LogP contribution >= 0.6 is 0 Å². The SMILES string of the molecule is CCC1CCC(CNc2ncnc(N)c2C(C)C)CC1. The molecule has 1 saturated carbocycles. The lowest BCUT2D eigenvalue weighted by Crippen LogP contribution is -2.22. The molecule has 0 radical (unpaired) electrons. The minimum atomic E-state index is 0.342. The van der Waals surface area contributed by atoms with E-state index in [0.717, 1.165) is 29.8 Å². The summed E-state index contributed by atoms with van der Waals surface area (Å²) in [6, 6.07) is 0. The van der Waals surface area contributed by atoms with Crippen LogP contribution in [0.1, 0.15) is 64.4 Å². The predicted molar refractivity (Wildman–Crippen MR) is 84.8 cm³/mol. The summed E-state index contributed by atoms with van der Waals surface area (Å²) in [5.74, 6) is 3.59. The summed E-state index contributed by atoms with van der Waals surface area (Å²) in [6.07, 6.45) is 8.32. The topological polar surface area (TPSA) is 63.8 Å². The Hall–Kier alpha value is -1.32. The van der Waals surface area contributed by atoms with E-state index in [1.54, 1.807) is 6.33 Å². The molecule has 4 nitrogen and oxygen atoms in total. The maximum absolute atomic E-state index is 5.98. The second kappa shape index (κ2) is 6.91. The van der Waals surface area contributed by atoms with Crippen molar-refractivity contribution >= 4 is 11.6 Å². The van der Waals surface area contributed by atoms with Crippen LogP contribution in [0.2, 0.25) is 0 Å². The van der Waals surface area contributed by atoms with Crippen LogP contribution in [-0.2, 0) is 0 Å². The Bertz CT molecular complexity index is 422. The summed E-state index contributed by atoms with van der Waals surface area (Å²) in [5, 5.41) is 3.51. The van der Waals surface area contributed by atoms with E-state index in [-0.39, 0.29) is 0 Å². The van der Waals surface area contributed by atoms with E-state index in [9.17, 15) is 0 Å². The van der Waals surface area contributed by atoms with Gasteiger partial charge in [0.1, 0.15) is 18.0 Å². The average molecular weight is 276 g/mol. The number of nitrogen functional groups attached to an aromatic ring is 1. The van der Waals surface area contributed by atoms with E-state index in [0.29, 0.717) is 11.7 Å². The van der Waals surface area contributed by atoms with Crippen LogP contribution < -0.4 is 11.1 Å². The van der Waals surface area contributed by atoms with Crippen molar-refractivity contribution in [1.29, 1.82) is 0 Å². The standard InChI is InChI=1S/C16H28N4/c1-4-12-5-7-13(8-6-12)9-18-16-14(11(2)3)15(17)19-10-20-16/h10-13H,4-9H2,1-3H3,(H3,17,18,19,20). The van der Waals surface area contributed by atoms with Gasteiger partial charge in [-0.05, 0) is 30.6 Å². The second-order valence-electron chi connectivity index (χ2n) is 6.35. The third-order valence-electron chi connectivity index (χ3n) is 4.59. The molecule has 20 heavy (non-hydrogen) atoms. The van der Waals surface area contributed by atoms with Crippen molar-refractivity contribution in [3.05, 3.63) is 11.9 Å². The summed E-state index contributed by atoms with van der Waals surface area (Å²) in [5.41, 5.74) is 7.03. The second-order valence-corrected chi connectivity index (χ2v) is 6.35. The van der Waals surface area contributed by atoms with Crippen LogP contribution in [0.4, 0.5) is 11.6 Å². The van der Waals surface area contributed by atoms with Crippen molar-refractivity contribution in [3.8, 4) is 0 Å². The molecule has 0 aromatic carbocycles. The van der Waals surface area contributed by atoms with Gasteiger partial charge in [0.05, 0.1) is 0 Å². The number of rotatable bonds is 5. The fourth-order valence-electron chi connectivity index (χ4n) is 3.20. The van der Waals surface area contributed by atoms with Gasteiger partial charge in [0.2, 0.25) is 0 Å². The minimum absolute atomic E-state index is 0.342. The van der Waals surface area contributed by atoms with E-state index in [1.807, 2.05) is 0 Å². The van der Waals surface area contributed by atoms with Crippen LogP contribution in [0, 0.1) is 11.8 Å². The molecule has 2 rings (SSSR count). The lowest BCUT2D eigenvalue weighted by atomic mass is 9.81. The smallest absolute Gasteiger partial charge is 0.134 e. The van der Waals surface area contributed by atoms with E-state index in [1.165, 1.54) is 32.1 Å². The summed E-state index contributed by atoms with van der Waals surface area (Å²) >= 11 is 0. The first-order valence-corrected chi connectivity index (χ1v) is 7.96. The molecule has 0 aliphatic heterocycles. The van der Waals surface area contributed by atoms with E-state index < -0.39 is 0 Å². The Balaban J connectivity index is 1.93. The molecule has 0 unspecified atom stereocenters. The molecule has 0 spiro atoms. The fraction of sp³-hybridized carbons (Fsp3) is 0.750. The Morgan fingerprint density at radius 1 is 1.20 bits per heavy atom. The zero-order valence-corrected chi connectivity index (χ0v) is 13.0. The molecule has 1 aromatic rings. The molecular formula is C16H28N4. The maximum Gasteiger partial charge on any atom is 0.134 e. The summed E-state index contributed by atoms with van der Waals surface area (Å²) < 4.78 is 0. The quantitative estimate of drug-likeness (QED) is 0.858. The first-order chi connectivity index (χ1) is 9.61. The number of hydrogen-bond donors (Lipinski definition) is 2. The van der Waals surface area contributed by atoms with Crippen molar-refractivity contribution in [3.63, 3.8) is 0 Å². The van der Waals surface area contributed by atoms with Gasteiger partial charge in [0.15, 0.2) is 0 Å². The van der Waals surface area contributed by atoms with Gasteiger partial charge in [-0.3, -0.25) is 0 Å². The normalized spacial score (nSPS) is 23.0. The number of hydrogen-bond acceptors (Lipinski definition) is 4. The van der Waals surface area contributed by atoms with Gasteiger partial charge in [-0.1, -0.05) is 40.0 Å². The molecule has 0 amide bonds. The van der Waals surface area contributed by atoms with Gasteiger partial charge >= 0.3 is 0 Å². The number of nitrogens with zero attached hydrogens (tertiary/aromatic N) is 2. The molecule has 0 saturated heterocycles. The van der Waals surface area contributed by atoms with E-state index in [2.05, 4.69) is 36.1 Å². The molecule has 1 fully saturated rings. The maximum atomic E-state index is 5.98. The van der Waals surface area contributed by atoms with Gasteiger partial charge in [-0.25, -0.2) is 9.97 Å². The molecule has 1 aromatic heterocycles. The molecule has 1 aliphatic rings. The van der Waals surface area contributed by atoms with Crippen LogP contribution in [0.5, 0.6) is 0 Å². The van der Waals surface area contributed by atoms with Gasteiger partial charge in [0, 0.05) is 12.1 Å². The molecule has 112 valence electrons. The predicted octanol–water partition coefficient (Wildman–Crippen LogP) is 3.81. The molecule has 3 N–H and O–H groups in total. The van der Waals surface area contributed by atoms with Crippen LogP contribution in [0.15, 0.2) is 6.33 Å². The zero-order valence-electron chi connectivity index (χ0n) is 13.0. The zero-order chi connectivity index (χ0) is 14.5. The first-order valence-electron chi connectivity index (χ1n) is 7.96. The van der Waals surface area contributed by atoms with Crippen LogP contribution in [-0.4, -0.2) is 16.5 Å². The molecule has 0 atom stereocenters.